The molecule has 3 heteroatoms. The second-order valence-electron chi connectivity index (χ2n) is 1.43. The fraction of sp³-hybridized carbons (Fsp3) is 0.100. The standard InChI is InChI=1S/C6H7.4CH3.H2N.H3Si.Zr/c1-6-4-2-3-5-6;;;;;;;/h2-6H,1H2;4*1H3;1H2;1H3;/q6*-1;;. The topological polar surface area (TPSA) is 33.5 Å². The Morgan fingerprint density at radius 3 is 1.15 bits per heavy atom. The Morgan fingerprint density at radius 1 is 0.846 bits per heavy atom. The number of nitrogens with two attached hydrogens (primary N) is 1. The van der Waals surface area contributed by atoms with Crippen molar-refractivity contribution in [3.63, 3.8) is 0 Å². The first-order valence-electron chi connectivity index (χ1n) is 2.07. The quantitative estimate of drug-likeness (QED) is 0.482. The third-order valence-corrected chi connectivity index (χ3v) is 0.828. The second kappa shape index (κ2) is 29.4. The van der Waals surface area contributed by atoms with Crippen LogP contribution in [0.1, 0.15) is 0 Å². The maximum atomic E-state index is 3.76. The van der Waals surface area contributed by atoms with Crippen LogP contribution < -0.4 is 0 Å². The maximum absolute atomic E-state index is 3.76. The predicted molar refractivity (Wildman–Crippen MR) is 68.0 cm³/mol. The van der Waals surface area contributed by atoms with Gasteiger partial charge in [-0.05, 0) is 11.0 Å². The van der Waals surface area contributed by atoms with Crippen LogP contribution >= 0.6 is 0 Å². The maximum Gasteiger partial charge on any atom is 0 e. The van der Waals surface area contributed by atoms with Crippen molar-refractivity contribution in [3.8, 4) is 0 Å². The van der Waals surface area contributed by atoms with E-state index in [0.29, 0.717) is 5.92 Å². The number of rotatable bonds is 0. The summed E-state index contributed by atoms with van der Waals surface area (Å²) in [5, 5.41) is 0. The molecule has 0 atom stereocenters. The molecule has 83 valence electrons. The van der Waals surface area contributed by atoms with Gasteiger partial charge in [0.15, 0.2) is 0 Å². The van der Waals surface area contributed by atoms with Gasteiger partial charge in [-0.15, -0.1) is 18.1 Å². The van der Waals surface area contributed by atoms with Crippen LogP contribution in [0, 0.1) is 42.5 Å². The van der Waals surface area contributed by atoms with E-state index in [1.165, 1.54) is 0 Å². The summed E-state index contributed by atoms with van der Waals surface area (Å²) >= 11 is 0. The van der Waals surface area contributed by atoms with Crippen molar-refractivity contribution in [1.82, 2.24) is 0 Å². The summed E-state index contributed by atoms with van der Waals surface area (Å²) < 4.78 is 0. The molecule has 0 aromatic rings. The zero-order valence-corrected chi connectivity index (χ0v) is 14.1. The van der Waals surface area contributed by atoms with Gasteiger partial charge in [0, 0.05) is 26.2 Å². The van der Waals surface area contributed by atoms with Crippen molar-refractivity contribution >= 4 is 11.0 Å². The first-order chi connectivity index (χ1) is 2.89. The first-order valence-corrected chi connectivity index (χ1v) is 2.07. The minimum absolute atomic E-state index is 0. The van der Waals surface area contributed by atoms with Crippen LogP contribution in [0.5, 0.6) is 0 Å². The Kier molecular flexibility index (Phi) is 112. The molecule has 13 heavy (non-hydrogen) atoms. The molecule has 1 aliphatic rings. The van der Waals surface area contributed by atoms with Crippen LogP contribution in [0.4, 0.5) is 0 Å². The molecular formula is C10H24NSiZr-6. The molecule has 0 spiro atoms. The fourth-order valence-corrected chi connectivity index (χ4v) is 0.478. The summed E-state index contributed by atoms with van der Waals surface area (Å²) in [6.45, 7) is 3.76. The molecular weight excluding hydrogens is 253 g/mol. The average Bonchev–Trinajstić information content (AvgIpc) is 1.86. The van der Waals surface area contributed by atoms with E-state index < -0.39 is 0 Å². The molecule has 0 unspecified atom stereocenters. The van der Waals surface area contributed by atoms with Gasteiger partial charge >= 0.3 is 0 Å². The molecule has 1 nitrogen and oxygen atoms in total. The van der Waals surface area contributed by atoms with E-state index in [1.807, 2.05) is 12.2 Å². The van der Waals surface area contributed by atoms with E-state index in [-0.39, 0.29) is 73.0 Å². The largest absolute Gasteiger partial charge is 0.693 e. The molecule has 0 saturated carbocycles. The Hall–Kier alpha value is 0.540. The minimum Gasteiger partial charge on any atom is -0.693 e. The summed E-state index contributed by atoms with van der Waals surface area (Å²) in [4.78, 5) is 0. The van der Waals surface area contributed by atoms with E-state index in [4.69, 9.17) is 0 Å². The van der Waals surface area contributed by atoms with E-state index >= 15 is 0 Å². The molecule has 0 aromatic carbocycles. The summed E-state index contributed by atoms with van der Waals surface area (Å²) in [5.74, 6) is 0.435. The van der Waals surface area contributed by atoms with Gasteiger partial charge in [0.2, 0.25) is 0 Å². The monoisotopic (exact) mass is 276 g/mol. The predicted octanol–water partition coefficient (Wildman–Crippen LogP) is 2.89. The van der Waals surface area contributed by atoms with Crippen LogP contribution in [0.25, 0.3) is 6.15 Å². The van der Waals surface area contributed by atoms with Crippen molar-refractivity contribution in [2.45, 2.75) is 0 Å². The van der Waals surface area contributed by atoms with Crippen LogP contribution in [0.15, 0.2) is 24.3 Å². The Labute approximate surface area is 110 Å². The number of hydrogen-bond donors (Lipinski definition) is 0. The number of hydrogen-bond acceptors (Lipinski definition) is 0. The number of allylic oxidation sites excluding steroid dienone is 4. The van der Waals surface area contributed by atoms with Gasteiger partial charge in [-0.2, -0.15) is 0 Å². The molecule has 2 N–H and O–H groups in total. The smallest absolute Gasteiger partial charge is 0 e. The van der Waals surface area contributed by atoms with Gasteiger partial charge < -0.3 is 42.8 Å². The van der Waals surface area contributed by atoms with Crippen molar-refractivity contribution in [2.24, 2.45) is 5.92 Å². The van der Waals surface area contributed by atoms with Gasteiger partial charge in [0.1, 0.15) is 0 Å². The van der Waals surface area contributed by atoms with Crippen molar-refractivity contribution in [1.29, 1.82) is 0 Å². The van der Waals surface area contributed by atoms with Crippen molar-refractivity contribution < 1.29 is 26.2 Å². The first kappa shape index (κ1) is 49.8. The normalized spacial score (nSPS) is 9.31. The molecule has 0 aliphatic heterocycles. The zero-order valence-electron chi connectivity index (χ0n) is 9.67. The molecule has 0 heterocycles. The molecule has 0 fully saturated rings. The Balaban J connectivity index is -0.0000000103. The summed E-state index contributed by atoms with van der Waals surface area (Å²) in [6.07, 6.45) is 8.13. The molecule has 0 saturated heterocycles. The van der Waals surface area contributed by atoms with Gasteiger partial charge in [-0.25, -0.2) is 0 Å². The fourth-order valence-electron chi connectivity index (χ4n) is 0.478. The molecule has 1 radical (unpaired) electrons. The van der Waals surface area contributed by atoms with Crippen molar-refractivity contribution in [3.05, 3.63) is 67.1 Å². The SMILES string of the molecule is [CH2-]C1C=CC=C1.[CH3-].[CH3-].[CH3-].[CH3-].[NH2-].[SiH3].[Zr]. The molecule has 1 rings (SSSR count). The van der Waals surface area contributed by atoms with E-state index in [2.05, 4.69) is 19.1 Å². The average molecular weight is 278 g/mol. The van der Waals surface area contributed by atoms with Crippen LogP contribution in [-0.4, -0.2) is 11.0 Å². The van der Waals surface area contributed by atoms with E-state index in [0.717, 1.165) is 0 Å². The Bertz CT molecular complexity index is 91.1. The van der Waals surface area contributed by atoms with Crippen LogP contribution in [-0.2, 0) is 26.2 Å². The van der Waals surface area contributed by atoms with Gasteiger partial charge in [-0.3, -0.25) is 0 Å². The third-order valence-electron chi connectivity index (χ3n) is 0.828. The molecule has 0 amide bonds. The summed E-state index contributed by atoms with van der Waals surface area (Å²) in [5.41, 5.74) is 0. The van der Waals surface area contributed by atoms with Crippen LogP contribution in [0.2, 0.25) is 0 Å². The van der Waals surface area contributed by atoms with Crippen molar-refractivity contribution in [2.75, 3.05) is 0 Å². The van der Waals surface area contributed by atoms with Gasteiger partial charge in [0.25, 0.3) is 0 Å². The summed E-state index contributed by atoms with van der Waals surface area (Å²) in [6, 6.07) is 0. The third kappa shape index (κ3) is 24.5. The van der Waals surface area contributed by atoms with Gasteiger partial charge in [-0.1, -0.05) is 12.2 Å². The minimum atomic E-state index is 0. The summed E-state index contributed by atoms with van der Waals surface area (Å²) in [7, 11) is 0. The molecule has 1 aliphatic carbocycles. The van der Waals surface area contributed by atoms with Gasteiger partial charge in [0.05, 0.1) is 0 Å². The zero-order chi connectivity index (χ0) is 4.41. The Morgan fingerprint density at radius 2 is 1.08 bits per heavy atom. The van der Waals surface area contributed by atoms with E-state index in [9.17, 15) is 0 Å². The second-order valence-corrected chi connectivity index (χ2v) is 1.43. The molecule has 0 aromatic heterocycles. The molecule has 0 bridgehead atoms. The van der Waals surface area contributed by atoms with Crippen LogP contribution in [0.3, 0.4) is 0 Å². The van der Waals surface area contributed by atoms with E-state index in [1.54, 1.807) is 0 Å².